The topological polar surface area (TPSA) is 64.7 Å². The van der Waals surface area contributed by atoms with Gasteiger partial charge in [-0.25, -0.2) is 0 Å². The number of carbonyl (C=O) groups excluding carboxylic acids is 1. The van der Waals surface area contributed by atoms with Crippen LogP contribution in [0.5, 0.6) is 0 Å². The summed E-state index contributed by atoms with van der Waals surface area (Å²) in [5.41, 5.74) is 1.43. The minimum Gasteiger partial charge on any atom is -0.319 e. The first-order chi connectivity index (χ1) is 16.3. The van der Waals surface area contributed by atoms with Gasteiger partial charge in [0.15, 0.2) is 5.69 Å². The molecule has 0 bridgehead atoms. The van der Waals surface area contributed by atoms with Crippen LogP contribution in [0.2, 0.25) is 0 Å². The lowest BCUT2D eigenvalue weighted by molar-refractivity contribution is -0.141. The summed E-state index contributed by atoms with van der Waals surface area (Å²) >= 11 is 1.22. The number of nitrogens with one attached hydrogen (secondary N) is 1. The Morgan fingerprint density at radius 3 is 2.68 bits per heavy atom. The normalized spacial score (nSPS) is 11.7. The van der Waals surface area contributed by atoms with Crippen molar-refractivity contribution in [1.82, 2.24) is 19.6 Å². The van der Waals surface area contributed by atoms with E-state index < -0.39 is 11.9 Å². The third-order valence-corrected chi connectivity index (χ3v) is 6.23. The van der Waals surface area contributed by atoms with Crippen molar-refractivity contribution in [3.05, 3.63) is 100 Å². The molecule has 5 rings (SSSR count). The molecule has 0 unspecified atom stereocenters. The molecule has 34 heavy (non-hydrogen) atoms. The molecule has 0 aliphatic rings. The predicted molar refractivity (Wildman–Crippen MR) is 124 cm³/mol. The van der Waals surface area contributed by atoms with E-state index >= 15 is 0 Å². The van der Waals surface area contributed by atoms with Crippen LogP contribution in [0.1, 0.15) is 26.5 Å². The lowest BCUT2D eigenvalue weighted by Crippen LogP contribution is -2.10. The third-order valence-electron chi connectivity index (χ3n) is 5.26. The Kier molecular flexibility index (Phi) is 5.66. The maximum Gasteiger partial charge on any atom is 0.435 e. The van der Waals surface area contributed by atoms with E-state index in [0.717, 1.165) is 22.4 Å². The molecule has 0 saturated heterocycles. The van der Waals surface area contributed by atoms with Crippen LogP contribution in [0.25, 0.3) is 10.8 Å². The maximum atomic E-state index is 12.7. The molecule has 2 aromatic carbocycles. The van der Waals surface area contributed by atoms with Gasteiger partial charge in [0.25, 0.3) is 5.91 Å². The zero-order chi connectivity index (χ0) is 23.7. The smallest absolute Gasteiger partial charge is 0.319 e. The van der Waals surface area contributed by atoms with Crippen molar-refractivity contribution in [2.24, 2.45) is 0 Å². The Hall–Kier alpha value is -3.92. The average Bonchev–Trinajstić information content (AvgIpc) is 3.56. The molecule has 3 heterocycles. The molecule has 0 saturated carbocycles. The van der Waals surface area contributed by atoms with Gasteiger partial charge in [0.2, 0.25) is 0 Å². The SMILES string of the molecule is O=C(Nc1cnn(Cc2cccc3ccccc23)c1)c1cc(Cn2ccc(C(F)(F)F)n2)cs1. The van der Waals surface area contributed by atoms with E-state index in [0.29, 0.717) is 22.7 Å². The van der Waals surface area contributed by atoms with Crippen LogP contribution in [0.3, 0.4) is 0 Å². The number of amides is 1. The van der Waals surface area contributed by atoms with Crippen molar-refractivity contribution in [2.45, 2.75) is 19.3 Å². The maximum absolute atomic E-state index is 12.7. The molecule has 0 fully saturated rings. The molecule has 10 heteroatoms. The molecule has 3 aromatic heterocycles. The predicted octanol–water partition coefficient (Wildman–Crippen LogP) is 5.66. The lowest BCUT2D eigenvalue weighted by atomic mass is 10.0. The number of anilines is 1. The van der Waals surface area contributed by atoms with E-state index in [2.05, 4.69) is 33.7 Å². The van der Waals surface area contributed by atoms with Gasteiger partial charge in [-0.3, -0.25) is 14.2 Å². The van der Waals surface area contributed by atoms with Gasteiger partial charge in [-0.1, -0.05) is 42.5 Å². The van der Waals surface area contributed by atoms with Crippen molar-refractivity contribution in [3.63, 3.8) is 0 Å². The summed E-state index contributed by atoms with van der Waals surface area (Å²) in [5.74, 6) is -0.308. The van der Waals surface area contributed by atoms with Gasteiger partial charge in [0, 0.05) is 12.4 Å². The van der Waals surface area contributed by atoms with E-state index in [-0.39, 0.29) is 12.5 Å². The number of alkyl halides is 3. The largest absolute Gasteiger partial charge is 0.435 e. The zero-order valence-electron chi connectivity index (χ0n) is 17.7. The summed E-state index contributed by atoms with van der Waals surface area (Å²) in [7, 11) is 0. The monoisotopic (exact) mass is 481 g/mol. The first-order valence-electron chi connectivity index (χ1n) is 10.3. The van der Waals surface area contributed by atoms with Crippen molar-refractivity contribution < 1.29 is 18.0 Å². The highest BCUT2D eigenvalue weighted by atomic mass is 32.1. The number of fused-ring (bicyclic) bond motifs is 1. The minimum atomic E-state index is -4.48. The van der Waals surface area contributed by atoms with E-state index in [9.17, 15) is 18.0 Å². The zero-order valence-corrected chi connectivity index (χ0v) is 18.5. The summed E-state index contributed by atoms with van der Waals surface area (Å²) in [6.07, 6.45) is 0.129. The molecule has 1 N–H and O–H groups in total. The summed E-state index contributed by atoms with van der Waals surface area (Å²) in [5, 5.41) is 14.7. The van der Waals surface area contributed by atoms with Crippen LogP contribution in [0.15, 0.2) is 78.6 Å². The molecule has 0 aliphatic heterocycles. The van der Waals surface area contributed by atoms with E-state index in [1.54, 1.807) is 28.5 Å². The van der Waals surface area contributed by atoms with Crippen LogP contribution in [-0.4, -0.2) is 25.5 Å². The van der Waals surface area contributed by atoms with E-state index in [4.69, 9.17) is 0 Å². The Morgan fingerprint density at radius 2 is 1.85 bits per heavy atom. The van der Waals surface area contributed by atoms with Gasteiger partial charge in [-0.05, 0) is 39.4 Å². The van der Waals surface area contributed by atoms with E-state index in [1.165, 1.54) is 22.2 Å². The van der Waals surface area contributed by atoms with Crippen LogP contribution in [-0.2, 0) is 19.3 Å². The van der Waals surface area contributed by atoms with Crippen molar-refractivity contribution in [1.29, 1.82) is 0 Å². The number of nitrogens with zero attached hydrogens (tertiary/aromatic N) is 4. The first kappa shape index (κ1) is 21.9. The molecule has 0 aliphatic carbocycles. The number of hydrogen-bond donors (Lipinski definition) is 1. The number of benzene rings is 2. The Labute approximate surface area is 196 Å². The summed E-state index contributed by atoms with van der Waals surface area (Å²) in [6.45, 7) is 0.701. The highest BCUT2D eigenvalue weighted by Crippen LogP contribution is 2.27. The first-order valence-corrected chi connectivity index (χ1v) is 11.2. The van der Waals surface area contributed by atoms with Crippen molar-refractivity contribution >= 4 is 33.7 Å². The minimum absolute atomic E-state index is 0.142. The van der Waals surface area contributed by atoms with Gasteiger partial charge in [-0.15, -0.1) is 11.3 Å². The Bertz CT molecular complexity index is 1460. The number of aromatic nitrogens is 4. The fourth-order valence-corrected chi connectivity index (χ4v) is 4.48. The second-order valence-electron chi connectivity index (χ2n) is 7.73. The van der Waals surface area contributed by atoms with Crippen LogP contribution < -0.4 is 5.32 Å². The van der Waals surface area contributed by atoms with Crippen molar-refractivity contribution in [3.8, 4) is 0 Å². The van der Waals surface area contributed by atoms with Gasteiger partial charge < -0.3 is 5.32 Å². The summed E-state index contributed by atoms with van der Waals surface area (Å²) in [6, 6.07) is 16.8. The van der Waals surface area contributed by atoms with E-state index in [1.807, 2.05) is 24.3 Å². The molecule has 0 radical (unpaired) electrons. The third kappa shape index (κ3) is 4.72. The number of rotatable bonds is 6. The molecular weight excluding hydrogens is 463 g/mol. The van der Waals surface area contributed by atoms with Crippen molar-refractivity contribution in [2.75, 3.05) is 5.32 Å². The van der Waals surface area contributed by atoms with Gasteiger partial charge in [0.1, 0.15) is 0 Å². The molecular formula is C24H18F3N5OS. The molecule has 172 valence electrons. The van der Waals surface area contributed by atoms with Gasteiger partial charge in [-0.2, -0.15) is 23.4 Å². The number of carbonyl (C=O) groups is 1. The summed E-state index contributed by atoms with van der Waals surface area (Å²) in [4.78, 5) is 13.1. The molecule has 0 spiro atoms. The molecule has 0 atom stereocenters. The van der Waals surface area contributed by atoms with Gasteiger partial charge >= 0.3 is 6.18 Å². The molecule has 6 nitrogen and oxygen atoms in total. The fourth-order valence-electron chi connectivity index (χ4n) is 3.68. The lowest BCUT2D eigenvalue weighted by Gasteiger charge is -2.06. The van der Waals surface area contributed by atoms with Crippen LogP contribution in [0.4, 0.5) is 18.9 Å². The molecule has 1 amide bonds. The van der Waals surface area contributed by atoms with Crippen LogP contribution >= 0.6 is 11.3 Å². The van der Waals surface area contributed by atoms with Gasteiger partial charge in [0.05, 0.1) is 29.9 Å². The van der Waals surface area contributed by atoms with Crippen LogP contribution in [0, 0.1) is 0 Å². The standard InChI is InChI=1S/C24H18F3N5OS/c25-24(26,27)22-8-9-31(30-22)12-16-10-21(34-15-16)23(33)29-19-11-28-32(14-19)13-18-6-3-5-17-4-1-2-7-20(17)18/h1-11,14-15H,12-13H2,(H,29,33). The number of thiophene rings is 1. The Morgan fingerprint density at radius 1 is 1.03 bits per heavy atom. The second kappa shape index (κ2) is 8.79. The average molecular weight is 482 g/mol. The Balaban J connectivity index is 1.23. The second-order valence-corrected chi connectivity index (χ2v) is 8.65. The fraction of sp³-hybridized carbons (Fsp3) is 0.125. The number of hydrogen-bond acceptors (Lipinski definition) is 4. The highest BCUT2D eigenvalue weighted by molar-refractivity contribution is 7.12. The molecule has 5 aromatic rings. The quantitative estimate of drug-likeness (QED) is 0.340. The number of halogens is 3. The highest BCUT2D eigenvalue weighted by Gasteiger charge is 2.33. The summed E-state index contributed by atoms with van der Waals surface area (Å²) < 4.78 is 41.1.